The van der Waals surface area contributed by atoms with Gasteiger partial charge in [-0.25, -0.2) is 9.78 Å². The van der Waals surface area contributed by atoms with E-state index in [4.69, 9.17) is 19.2 Å². The predicted molar refractivity (Wildman–Crippen MR) is 72.6 cm³/mol. The van der Waals surface area contributed by atoms with Gasteiger partial charge in [0.1, 0.15) is 0 Å². The first kappa shape index (κ1) is 14.0. The van der Waals surface area contributed by atoms with Crippen LogP contribution in [0.4, 0.5) is 0 Å². The van der Waals surface area contributed by atoms with Crippen molar-refractivity contribution in [1.29, 1.82) is 0 Å². The number of ether oxygens (including phenoxy) is 2. The van der Waals surface area contributed by atoms with E-state index in [1.807, 2.05) is 13.8 Å². The van der Waals surface area contributed by atoms with Crippen molar-refractivity contribution in [2.45, 2.75) is 64.6 Å². The monoisotopic (exact) mass is 296 g/mol. The van der Waals surface area contributed by atoms with E-state index in [1.54, 1.807) is 0 Å². The van der Waals surface area contributed by atoms with Crippen LogP contribution in [0.5, 0.6) is 0 Å². The van der Waals surface area contributed by atoms with E-state index in [-0.39, 0.29) is 17.8 Å². The summed E-state index contributed by atoms with van der Waals surface area (Å²) in [5, 5.41) is 0. The average Bonchev–Trinajstić information content (AvgIpc) is 2.62. The molecule has 5 heteroatoms. The molecule has 1 aliphatic carbocycles. The molecular weight excluding hydrogens is 272 g/mol. The number of carbonyl (C=O) groups excluding carboxylic acids is 1. The number of fused-ring (bicyclic) bond motifs is 2. The Balaban J connectivity index is 1.86. The van der Waals surface area contributed by atoms with Crippen LogP contribution >= 0.6 is 0 Å². The fourth-order valence-corrected chi connectivity index (χ4v) is 5.41. The van der Waals surface area contributed by atoms with Gasteiger partial charge in [0.15, 0.2) is 5.60 Å². The lowest BCUT2D eigenvalue weighted by molar-refractivity contribution is -0.561. The van der Waals surface area contributed by atoms with Crippen LogP contribution in [0.25, 0.3) is 0 Å². The van der Waals surface area contributed by atoms with Crippen LogP contribution in [0, 0.1) is 29.6 Å². The molecule has 0 aromatic heterocycles. The lowest BCUT2D eigenvalue weighted by atomic mass is 9.55. The van der Waals surface area contributed by atoms with Gasteiger partial charge in [0, 0.05) is 18.3 Å². The van der Waals surface area contributed by atoms with Crippen molar-refractivity contribution < 1.29 is 24.0 Å². The van der Waals surface area contributed by atoms with Crippen LogP contribution < -0.4 is 0 Å². The van der Waals surface area contributed by atoms with Gasteiger partial charge in [-0.15, -0.1) is 0 Å². The Morgan fingerprint density at radius 2 is 1.90 bits per heavy atom. The summed E-state index contributed by atoms with van der Waals surface area (Å²) >= 11 is 0. The first-order valence-corrected chi connectivity index (χ1v) is 8.12. The van der Waals surface area contributed by atoms with Crippen molar-refractivity contribution in [3.63, 3.8) is 0 Å². The van der Waals surface area contributed by atoms with Crippen LogP contribution in [0.15, 0.2) is 0 Å². The van der Waals surface area contributed by atoms with Crippen molar-refractivity contribution in [2.24, 2.45) is 29.6 Å². The molecule has 4 heterocycles. The highest BCUT2D eigenvalue weighted by Gasteiger charge is 2.71. The van der Waals surface area contributed by atoms with Gasteiger partial charge < -0.3 is 9.47 Å². The summed E-state index contributed by atoms with van der Waals surface area (Å²) in [6.07, 6.45) is 2.24. The van der Waals surface area contributed by atoms with Gasteiger partial charge in [0.05, 0.1) is 5.92 Å². The third-order valence-corrected chi connectivity index (χ3v) is 6.27. The second-order valence-electron chi connectivity index (χ2n) is 7.69. The summed E-state index contributed by atoms with van der Waals surface area (Å²) in [6, 6.07) is 0. The number of hydrogen-bond acceptors (Lipinski definition) is 5. The Hall–Kier alpha value is -0.650. The predicted octanol–water partition coefficient (Wildman–Crippen LogP) is 2.64. The van der Waals surface area contributed by atoms with Crippen molar-refractivity contribution in [2.75, 3.05) is 0 Å². The average molecular weight is 296 g/mol. The molecule has 1 unspecified atom stereocenters. The minimum absolute atomic E-state index is 0.0904. The maximum Gasteiger partial charge on any atom is 0.311 e. The molecule has 118 valence electrons. The highest BCUT2D eigenvalue weighted by molar-refractivity contribution is 5.74. The highest BCUT2D eigenvalue weighted by atomic mass is 17.3. The van der Waals surface area contributed by atoms with Crippen molar-refractivity contribution in [3.05, 3.63) is 0 Å². The topological polar surface area (TPSA) is 54.0 Å². The zero-order valence-corrected chi connectivity index (χ0v) is 13.1. The molecule has 21 heavy (non-hydrogen) atoms. The van der Waals surface area contributed by atoms with Crippen molar-refractivity contribution in [3.8, 4) is 0 Å². The van der Waals surface area contributed by atoms with Crippen molar-refractivity contribution >= 4 is 5.97 Å². The Morgan fingerprint density at radius 3 is 2.67 bits per heavy atom. The largest absolute Gasteiger partial charge is 0.432 e. The van der Waals surface area contributed by atoms with Crippen LogP contribution in [0.3, 0.4) is 0 Å². The fraction of sp³-hybridized carbons (Fsp3) is 0.938. The second kappa shape index (κ2) is 4.21. The molecule has 5 rings (SSSR count). The van der Waals surface area contributed by atoms with E-state index >= 15 is 0 Å². The highest BCUT2D eigenvalue weighted by Crippen LogP contribution is 2.61. The van der Waals surface area contributed by atoms with Crippen LogP contribution in [-0.4, -0.2) is 23.6 Å². The molecule has 2 bridgehead atoms. The Morgan fingerprint density at radius 1 is 1.14 bits per heavy atom. The van der Waals surface area contributed by atoms with E-state index in [9.17, 15) is 4.79 Å². The maximum absolute atomic E-state index is 12.3. The molecule has 5 aliphatic rings. The SMILES string of the molecule is CC1C[C@@H](C)[C@@H]2CC[C@]3(C)OO[C@]24[C@H](OC(=O)[C@H](C)[C@H]14)O3. The Bertz CT molecular complexity index is 479. The zero-order chi connectivity index (χ0) is 15.0. The molecule has 0 amide bonds. The molecule has 1 spiro atoms. The van der Waals surface area contributed by atoms with Gasteiger partial charge in [-0.2, -0.15) is 0 Å². The first-order chi connectivity index (χ1) is 9.87. The van der Waals surface area contributed by atoms with E-state index in [0.717, 1.165) is 19.3 Å². The zero-order valence-electron chi connectivity index (χ0n) is 13.1. The first-order valence-electron chi connectivity index (χ1n) is 8.12. The minimum atomic E-state index is -0.804. The van der Waals surface area contributed by atoms with Gasteiger partial charge >= 0.3 is 5.97 Å². The van der Waals surface area contributed by atoms with Gasteiger partial charge in [-0.1, -0.05) is 20.8 Å². The fourth-order valence-electron chi connectivity index (χ4n) is 5.41. The summed E-state index contributed by atoms with van der Waals surface area (Å²) in [5.41, 5.74) is -0.638. The molecule has 0 N–H and O–H groups in total. The third kappa shape index (κ3) is 1.65. The summed E-state index contributed by atoms with van der Waals surface area (Å²) in [6.45, 7) is 8.30. The van der Waals surface area contributed by atoms with E-state index in [2.05, 4.69) is 13.8 Å². The molecule has 0 radical (unpaired) electrons. The number of esters is 1. The Kier molecular flexibility index (Phi) is 2.80. The molecule has 0 aromatic rings. The van der Waals surface area contributed by atoms with Gasteiger partial charge in [0.25, 0.3) is 0 Å². The van der Waals surface area contributed by atoms with Crippen LogP contribution in [-0.2, 0) is 24.0 Å². The second-order valence-corrected chi connectivity index (χ2v) is 7.69. The van der Waals surface area contributed by atoms with Crippen LogP contribution in [0.2, 0.25) is 0 Å². The molecule has 5 fully saturated rings. The quantitative estimate of drug-likeness (QED) is 0.508. The van der Waals surface area contributed by atoms with Crippen LogP contribution in [0.1, 0.15) is 47.0 Å². The Labute approximate surface area is 125 Å². The smallest absolute Gasteiger partial charge is 0.311 e. The molecule has 8 atom stereocenters. The molecule has 0 aromatic carbocycles. The number of hydrogen-bond donors (Lipinski definition) is 0. The third-order valence-electron chi connectivity index (χ3n) is 6.27. The van der Waals surface area contributed by atoms with Crippen molar-refractivity contribution in [1.82, 2.24) is 0 Å². The molecular formula is C16H24O5. The van der Waals surface area contributed by atoms with E-state index in [0.29, 0.717) is 17.8 Å². The summed E-state index contributed by atoms with van der Waals surface area (Å²) < 4.78 is 11.7. The lowest BCUT2D eigenvalue weighted by Gasteiger charge is -2.59. The standard InChI is InChI=1S/C16H24O5/c1-8-7-9(2)12-10(3)13(17)18-14-16(12)11(8)5-6-15(4,19-14)20-21-16/h8-12,14H,5-7H2,1-4H3/t8-,9?,10-,11+,12+,14-,15+,16-/m1/s1. The summed E-state index contributed by atoms with van der Waals surface area (Å²) in [7, 11) is 0. The molecule has 1 saturated carbocycles. The van der Waals surface area contributed by atoms with E-state index in [1.165, 1.54) is 0 Å². The normalized spacial score (nSPS) is 59.1. The molecule has 5 nitrogen and oxygen atoms in total. The van der Waals surface area contributed by atoms with Gasteiger partial charge in [-0.05, 0) is 31.6 Å². The van der Waals surface area contributed by atoms with Gasteiger partial charge in [-0.3, -0.25) is 4.79 Å². The number of carbonyl (C=O) groups is 1. The minimum Gasteiger partial charge on any atom is -0.432 e. The number of rotatable bonds is 0. The summed E-state index contributed by atoms with van der Waals surface area (Å²) in [5.74, 6) is 0.140. The summed E-state index contributed by atoms with van der Waals surface area (Å²) in [4.78, 5) is 23.9. The maximum atomic E-state index is 12.3. The molecule has 4 aliphatic heterocycles. The molecule has 4 saturated heterocycles. The van der Waals surface area contributed by atoms with Gasteiger partial charge in [0.2, 0.25) is 12.1 Å². The lowest BCUT2D eigenvalue weighted by Crippen LogP contribution is -2.71. The van der Waals surface area contributed by atoms with E-state index < -0.39 is 17.7 Å².